The van der Waals surface area contributed by atoms with Crippen LogP contribution in [0.2, 0.25) is 0 Å². The molecule has 0 saturated heterocycles. The molecular weight excluding hydrogens is 236 g/mol. The van der Waals surface area contributed by atoms with E-state index in [-0.39, 0.29) is 0 Å². The van der Waals surface area contributed by atoms with E-state index in [4.69, 9.17) is 4.74 Å². The van der Waals surface area contributed by atoms with Crippen molar-refractivity contribution in [3.63, 3.8) is 0 Å². The molecule has 1 aromatic carbocycles. The lowest BCUT2D eigenvalue weighted by Crippen LogP contribution is -2.32. The van der Waals surface area contributed by atoms with E-state index in [1.54, 1.807) is 0 Å². The summed E-state index contributed by atoms with van der Waals surface area (Å²) in [7, 11) is 0. The average molecular weight is 264 g/mol. The SMILES string of the molecule is CCN(CC)CCNCCCOc1cccc(C)c1. The maximum atomic E-state index is 5.71. The molecule has 3 heteroatoms. The Hall–Kier alpha value is -1.06. The van der Waals surface area contributed by atoms with Gasteiger partial charge in [-0.25, -0.2) is 0 Å². The molecule has 0 radical (unpaired) electrons. The van der Waals surface area contributed by atoms with Gasteiger partial charge in [0.15, 0.2) is 0 Å². The highest BCUT2D eigenvalue weighted by Crippen LogP contribution is 2.12. The van der Waals surface area contributed by atoms with Gasteiger partial charge in [0.25, 0.3) is 0 Å². The number of rotatable bonds is 10. The van der Waals surface area contributed by atoms with Gasteiger partial charge in [0.05, 0.1) is 6.61 Å². The number of hydrogen-bond donors (Lipinski definition) is 1. The number of nitrogens with zero attached hydrogens (tertiary/aromatic N) is 1. The fourth-order valence-corrected chi connectivity index (χ4v) is 1.99. The van der Waals surface area contributed by atoms with Crippen LogP contribution < -0.4 is 10.1 Å². The Balaban J connectivity index is 1.99. The summed E-state index contributed by atoms with van der Waals surface area (Å²) in [6, 6.07) is 8.21. The first kappa shape index (κ1) is 16.0. The van der Waals surface area contributed by atoms with E-state index in [1.807, 2.05) is 12.1 Å². The lowest BCUT2D eigenvalue weighted by molar-refractivity contribution is 0.291. The molecule has 0 unspecified atom stereocenters. The van der Waals surface area contributed by atoms with Gasteiger partial charge in [-0.1, -0.05) is 26.0 Å². The van der Waals surface area contributed by atoms with Crippen molar-refractivity contribution < 1.29 is 4.74 Å². The van der Waals surface area contributed by atoms with Gasteiger partial charge in [0.2, 0.25) is 0 Å². The summed E-state index contributed by atoms with van der Waals surface area (Å²) in [4.78, 5) is 2.43. The summed E-state index contributed by atoms with van der Waals surface area (Å²) in [6.45, 7) is 12.8. The first-order chi connectivity index (χ1) is 9.26. The number of likely N-dealkylation sites (N-methyl/N-ethyl adjacent to an activating group) is 1. The second-order valence-corrected chi connectivity index (χ2v) is 4.80. The second-order valence-electron chi connectivity index (χ2n) is 4.80. The summed E-state index contributed by atoms with van der Waals surface area (Å²) in [5, 5.41) is 3.46. The molecule has 3 nitrogen and oxygen atoms in total. The van der Waals surface area contributed by atoms with Crippen molar-refractivity contribution in [1.82, 2.24) is 10.2 Å². The number of aryl methyl sites for hydroxylation is 1. The van der Waals surface area contributed by atoms with Crippen molar-refractivity contribution in [2.24, 2.45) is 0 Å². The lowest BCUT2D eigenvalue weighted by Gasteiger charge is -2.17. The summed E-state index contributed by atoms with van der Waals surface area (Å²) in [5.41, 5.74) is 1.25. The molecule has 0 atom stereocenters. The molecule has 0 aliphatic rings. The normalized spacial score (nSPS) is 10.9. The van der Waals surface area contributed by atoms with E-state index in [9.17, 15) is 0 Å². The summed E-state index contributed by atoms with van der Waals surface area (Å²) >= 11 is 0. The van der Waals surface area contributed by atoms with Gasteiger partial charge in [0.1, 0.15) is 5.75 Å². The Morgan fingerprint density at radius 3 is 2.63 bits per heavy atom. The number of benzene rings is 1. The molecule has 0 spiro atoms. The highest BCUT2D eigenvalue weighted by molar-refractivity contribution is 5.27. The van der Waals surface area contributed by atoms with E-state index in [0.717, 1.165) is 51.5 Å². The Bertz CT molecular complexity index is 337. The van der Waals surface area contributed by atoms with Crippen LogP contribution in [0.4, 0.5) is 0 Å². The van der Waals surface area contributed by atoms with E-state index < -0.39 is 0 Å². The predicted molar refractivity (Wildman–Crippen MR) is 81.9 cm³/mol. The summed E-state index contributed by atoms with van der Waals surface area (Å²) in [5.74, 6) is 0.975. The molecule has 108 valence electrons. The van der Waals surface area contributed by atoms with Crippen molar-refractivity contribution in [2.75, 3.05) is 39.3 Å². The smallest absolute Gasteiger partial charge is 0.119 e. The third kappa shape index (κ3) is 7.19. The first-order valence-corrected chi connectivity index (χ1v) is 7.38. The van der Waals surface area contributed by atoms with Gasteiger partial charge in [0, 0.05) is 13.1 Å². The summed E-state index contributed by atoms with van der Waals surface area (Å²) in [6.07, 6.45) is 1.05. The molecule has 0 aliphatic heterocycles. The van der Waals surface area contributed by atoms with Crippen LogP contribution >= 0.6 is 0 Å². The van der Waals surface area contributed by atoms with Crippen LogP contribution in [0.3, 0.4) is 0 Å². The molecule has 0 fully saturated rings. The molecule has 1 N–H and O–H groups in total. The number of nitrogens with one attached hydrogen (secondary N) is 1. The standard InChI is InChI=1S/C16H28N2O/c1-4-18(5-2)12-11-17-10-7-13-19-16-9-6-8-15(3)14-16/h6,8-9,14,17H,4-5,7,10-13H2,1-3H3. The molecule has 1 rings (SSSR count). The molecule has 0 aromatic heterocycles. The summed E-state index contributed by atoms with van der Waals surface area (Å²) < 4.78 is 5.71. The number of ether oxygens (including phenoxy) is 1. The minimum Gasteiger partial charge on any atom is -0.494 e. The zero-order valence-corrected chi connectivity index (χ0v) is 12.6. The van der Waals surface area contributed by atoms with Gasteiger partial charge in [-0.2, -0.15) is 0 Å². The quantitative estimate of drug-likeness (QED) is 0.658. The van der Waals surface area contributed by atoms with Crippen molar-refractivity contribution >= 4 is 0 Å². The fourth-order valence-electron chi connectivity index (χ4n) is 1.99. The highest BCUT2D eigenvalue weighted by Gasteiger charge is 1.97. The van der Waals surface area contributed by atoms with Crippen LogP contribution in [0, 0.1) is 6.92 Å². The zero-order valence-electron chi connectivity index (χ0n) is 12.6. The lowest BCUT2D eigenvalue weighted by atomic mass is 10.2. The van der Waals surface area contributed by atoms with Crippen LogP contribution in [0.1, 0.15) is 25.8 Å². The Labute approximate surface area is 118 Å². The van der Waals surface area contributed by atoms with Crippen LogP contribution in [-0.2, 0) is 0 Å². The second kappa shape index (κ2) is 9.82. The molecule has 0 saturated carbocycles. The van der Waals surface area contributed by atoms with Crippen LogP contribution in [0.15, 0.2) is 24.3 Å². The van der Waals surface area contributed by atoms with Gasteiger partial charge >= 0.3 is 0 Å². The minimum atomic E-state index is 0.779. The Morgan fingerprint density at radius 1 is 1.16 bits per heavy atom. The van der Waals surface area contributed by atoms with Crippen LogP contribution in [-0.4, -0.2) is 44.2 Å². The molecule has 0 bridgehead atoms. The highest BCUT2D eigenvalue weighted by atomic mass is 16.5. The first-order valence-electron chi connectivity index (χ1n) is 7.38. The molecule has 0 heterocycles. The largest absolute Gasteiger partial charge is 0.494 e. The minimum absolute atomic E-state index is 0.779. The van der Waals surface area contributed by atoms with Gasteiger partial charge in [-0.05, 0) is 50.7 Å². The third-order valence-electron chi connectivity index (χ3n) is 3.26. The Kier molecular flexibility index (Phi) is 8.26. The molecule has 19 heavy (non-hydrogen) atoms. The van der Waals surface area contributed by atoms with Gasteiger partial charge in [-0.3, -0.25) is 0 Å². The fraction of sp³-hybridized carbons (Fsp3) is 0.625. The van der Waals surface area contributed by atoms with E-state index in [0.29, 0.717) is 0 Å². The van der Waals surface area contributed by atoms with E-state index in [1.165, 1.54) is 5.56 Å². The monoisotopic (exact) mass is 264 g/mol. The van der Waals surface area contributed by atoms with Crippen LogP contribution in [0.25, 0.3) is 0 Å². The van der Waals surface area contributed by atoms with Crippen LogP contribution in [0.5, 0.6) is 5.75 Å². The van der Waals surface area contributed by atoms with Gasteiger partial charge in [-0.15, -0.1) is 0 Å². The number of hydrogen-bond acceptors (Lipinski definition) is 3. The van der Waals surface area contributed by atoms with Crippen molar-refractivity contribution in [3.8, 4) is 5.75 Å². The molecule has 0 amide bonds. The molecule has 0 aliphatic carbocycles. The van der Waals surface area contributed by atoms with Gasteiger partial charge < -0.3 is 15.0 Å². The average Bonchev–Trinajstić information content (AvgIpc) is 2.42. The molecule has 1 aromatic rings. The van der Waals surface area contributed by atoms with Crippen molar-refractivity contribution in [2.45, 2.75) is 27.2 Å². The molecular formula is C16H28N2O. The maximum absolute atomic E-state index is 5.71. The maximum Gasteiger partial charge on any atom is 0.119 e. The van der Waals surface area contributed by atoms with Crippen molar-refractivity contribution in [3.05, 3.63) is 29.8 Å². The zero-order chi connectivity index (χ0) is 13.9. The van der Waals surface area contributed by atoms with Crippen molar-refractivity contribution in [1.29, 1.82) is 0 Å². The topological polar surface area (TPSA) is 24.5 Å². The predicted octanol–water partition coefficient (Wildman–Crippen LogP) is 2.70. The Morgan fingerprint density at radius 2 is 1.95 bits per heavy atom. The third-order valence-corrected chi connectivity index (χ3v) is 3.26. The van der Waals surface area contributed by atoms with E-state index in [2.05, 4.69) is 43.1 Å². The van der Waals surface area contributed by atoms with E-state index >= 15 is 0 Å².